The number of hydrogen-bond acceptors (Lipinski definition) is 4. The Hall–Kier alpha value is -4.18. The van der Waals surface area contributed by atoms with E-state index in [0.29, 0.717) is 22.8 Å². The molecule has 0 saturated carbocycles. The van der Waals surface area contributed by atoms with E-state index in [2.05, 4.69) is 0 Å². The summed E-state index contributed by atoms with van der Waals surface area (Å²) in [5.41, 5.74) is 0.877. The summed E-state index contributed by atoms with van der Waals surface area (Å²) in [6, 6.07) is 30.0. The van der Waals surface area contributed by atoms with Gasteiger partial charge in [0.2, 0.25) is 6.29 Å². The van der Waals surface area contributed by atoms with Crippen LogP contribution in [0.15, 0.2) is 103 Å². The second-order valence-corrected chi connectivity index (χ2v) is 6.47. The minimum absolute atomic E-state index is 0.179. The van der Waals surface area contributed by atoms with Gasteiger partial charge in [-0.15, -0.1) is 0 Å². The standard InChI is InChI=1S/C26H17O4/c27-18-20-10-8-16-24(26(20)30-22-13-5-2-6-14-22)25(28)19-9-7-15-23(17-19)29-21-11-3-1-4-12-21/h1-17H. The first kappa shape index (κ1) is 19.2. The lowest BCUT2D eigenvalue weighted by atomic mass is 10.00. The fraction of sp³-hybridized carbons (Fsp3) is 0. The van der Waals surface area contributed by atoms with E-state index in [-0.39, 0.29) is 22.7 Å². The number of ketones is 1. The van der Waals surface area contributed by atoms with Crippen molar-refractivity contribution in [2.45, 2.75) is 0 Å². The molecular weight excluding hydrogens is 376 g/mol. The van der Waals surface area contributed by atoms with Crippen LogP contribution in [0.25, 0.3) is 0 Å². The Bertz CT molecular complexity index is 1170. The van der Waals surface area contributed by atoms with E-state index in [9.17, 15) is 9.59 Å². The predicted molar refractivity (Wildman–Crippen MR) is 114 cm³/mol. The van der Waals surface area contributed by atoms with E-state index >= 15 is 0 Å². The molecule has 0 saturated heterocycles. The number of para-hydroxylation sites is 3. The third kappa shape index (κ3) is 4.28. The summed E-state index contributed by atoms with van der Waals surface area (Å²) >= 11 is 0. The second-order valence-electron chi connectivity index (χ2n) is 6.47. The highest BCUT2D eigenvalue weighted by molar-refractivity contribution is 6.12. The minimum Gasteiger partial charge on any atom is -0.457 e. The maximum absolute atomic E-state index is 13.3. The van der Waals surface area contributed by atoms with Crippen molar-refractivity contribution in [1.29, 1.82) is 0 Å². The fourth-order valence-electron chi connectivity index (χ4n) is 2.99. The molecule has 0 aromatic heterocycles. The molecule has 4 aromatic rings. The van der Waals surface area contributed by atoms with Crippen LogP contribution in [-0.2, 0) is 4.79 Å². The van der Waals surface area contributed by atoms with Crippen molar-refractivity contribution in [3.05, 3.63) is 120 Å². The molecule has 145 valence electrons. The molecular formula is C26H17O4. The van der Waals surface area contributed by atoms with Crippen molar-refractivity contribution in [2.75, 3.05) is 0 Å². The molecule has 0 bridgehead atoms. The Morgan fingerprint density at radius 2 is 1.23 bits per heavy atom. The van der Waals surface area contributed by atoms with Crippen LogP contribution in [0, 0.1) is 0 Å². The van der Waals surface area contributed by atoms with E-state index in [1.165, 1.54) is 0 Å². The molecule has 0 unspecified atom stereocenters. The van der Waals surface area contributed by atoms with Crippen LogP contribution in [0.5, 0.6) is 23.0 Å². The predicted octanol–water partition coefficient (Wildman–Crippen LogP) is 5.96. The highest BCUT2D eigenvalue weighted by Gasteiger charge is 2.19. The van der Waals surface area contributed by atoms with Gasteiger partial charge in [-0.2, -0.15) is 0 Å². The van der Waals surface area contributed by atoms with Crippen LogP contribution in [0.3, 0.4) is 0 Å². The maximum atomic E-state index is 13.3. The third-order valence-corrected chi connectivity index (χ3v) is 4.41. The van der Waals surface area contributed by atoms with Crippen LogP contribution in [0.2, 0.25) is 0 Å². The van der Waals surface area contributed by atoms with E-state index in [1.54, 1.807) is 54.6 Å². The molecule has 0 fully saturated rings. The molecule has 0 spiro atoms. The zero-order valence-corrected chi connectivity index (χ0v) is 15.9. The number of carbonyl (C=O) groups is 1. The van der Waals surface area contributed by atoms with Gasteiger partial charge in [-0.1, -0.05) is 54.6 Å². The molecule has 4 rings (SSSR count). The van der Waals surface area contributed by atoms with Gasteiger partial charge in [-0.05, 0) is 48.5 Å². The molecule has 0 aliphatic carbocycles. The third-order valence-electron chi connectivity index (χ3n) is 4.41. The monoisotopic (exact) mass is 393 g/mol. The van der Waals surface area contributed by atoms with Crippen LogP contribution in [0.1, 0.15) is 21.5 Å². The number of benzene rings is 4. The molecule has 0 amide bonds. The highest BCUT2D eigenvalue weighted by Crippen LogP contribution is 2.31. The Morgan fingerprint density at radius 1 is 0.633 bits per heavy atom. The van der Waals surface area contributed by atoms with Gasteiger partial charge >= 0.3 is 0 Å². The summed E-state index contributed by atoms with van der Waals surface area (Å²) in [7, 11) is 0. The molecule has 0 heterocycles. The van der Waals surface area contributed by atoms with E-state index < -0.39 is 0 Å². The summed E-state index contributed by atoms with van der Waals surface area (Å²) in [6.45, 7) is 0. The number of hydrogen-bond donors (Lipinski definition) is 0. The van der Waals surface area contributed by atoms with Gasteiger partial charge in [0, 0.05) is 5.56 Å². The lowest BCUT2D eigenvalue weighted by Crippen LogP contribution is -2.06. The van der Waals surface area contributed by atoms with Gasteiger partial charge in [0.05, 0.1) is 11.1 Å². The SMILES string of the molecule is O=[C]c1cccc(C(=O)c2cccc(Oc3ccccc3)c2)c1Oc1ccccc1. The van der Waals surface area contributed by atoms with E-state index in [4.69, 9.17) is 9.47 Å². The van der Waals surface area contributed by atoms with Gasteiger partial charge < -0.3 is 9.47 Å². The quantitative estimate of drug-likeness (QED) is 0.364. The molecule has 0 aliphatic rings. The molecule has 1 radical (unpaired) electrons. The molecule has 0 atom stereocenters. The maximum Gasteiger partial charge on any atom is 0.237 e. The normalized spacial score (nSPS) is 10.3. The van der Waals surface area contributed by atoms with Crippen LogP contribution in [-0.4, -0.2) is 12.1 Å². The van der Waals surface area contributed by atoms with Crippen LogP contribution < -0.4 is 9.47 Å². The molecule has 0 aliphatic heterocycles. The van der Waals surface area contributed by atoms with Crippen molar-refractivity contribution in [1.82, 2.24) is 0 Å². The molecule has 0 N–H and O–H groups in total. The number of carbonyl (C=O) groups excluding carboxylic acids is 2. The smallest absolute Gasteiger partial charge is 0.237 e. The van der Waals surface area contributed by atoms with Crippen LogP contribution >= 0.6 is 0 Å². The first-order valence-electron chi connectivity index (χ1n) is 9.36. The molecule has 4 heteroatoms. The average Bonchev–Trinajstić information content (AvgIpc) is 2.80. The summed E-state index contributed by atoms with van der Waals surface area (Å²) in [6.07, 6.45) is 1.85. The molecule has 30 heavy (non-hydrogen) atoms. The van der Waals surface area contributed by atoms with Crippen molar-refractivity contribution in [3.63, 3.8) is 0 Å². The highest BCUT2D eigenvalue weighted by atomic mass is 16.5. The van der Waals surface area contributed by atoms with Gasteiger partial charge in [0.25, 0.3) is 0 Å². The summed E-state index contributed by atoms with van der Waals surface area (Å²) in [4.78, 5) is 24.7. The zero-order chi connectivity index (χ0) is 20.8. The zero-order valence-electron chi connectivity index (χ0n) is 15.9. The first-order valence-corrected chi connectivity index (χ1v) is 9.36. The average molecular weight is 393 g/mol. The van der Waals surface area contributed by atoms with Crippen molar-refractivity contribution < 1.29 is 19.1 Å². The largest absolute Gasteiger partial charge is 0.457 e. The van der Waals surface area contributed by atoms with Crippen molar-refractivity contribution >= 4 is 12.1 Å². The van der Waals surface area contributed by atoms with E-state index in [1.807, 2.05) is 54.8 Å². The Balaban J connectivity index is 1.68. The van der Waals surface area contributed by atoms with Crippen LogP contribution in [0.4, 0.5) is 0 Å². The van der Waals surface area contributed by atoms with Crippen molar-refractivity contribution in [2.24, 2.45) is 0 Å². The lowest BCUT2D eigenvalue weighted by Gasteiger charge is -2.13. The van der Waals surface area contributed by atoms with Gasteiger partial charge in [-0.25, -0.2) is 0 Å². The second kappa shape index (κ2) is 8.88. The first-order chi connectivity index (χ1) is 14.7. The van der Waals surface area contributed by atoms with Gasteiger partial charge in [-0.3, -0.25) is 9.59 Å². The molecule has 4 aromatic carbocycles. The Morgan fingerprint density at radius 3 is 1.90 bits per heavy atom. The lowest BCUT2D eigenvalue weighted by molar-refractivity contribution is 0.103. The van der Waals surface area contributed by atoms with E-state index in [0.717, 1.165) is 0 Å². The summed E-state index contributed by atoms with van der Waals surface area (Å²) in [5.74, 6) is 1.63. The van der Waals surface area contributed by atoms with Crippen molar-refractivity contribution in [3.8, 4) is 23.0 Å². The van der Waals surface area contributed by atoms with Gasteiger partial charge in [0.1, 0.15) is 23.0 Å². The number of rotatable bonds is 7. The topological polar surface area (TPSA) is 52.6 Å². The number of ether oxygens (including phenoxy) is 2. The molecule has 4 nitrogen and oxygen atoms in total. The minimum atomic E-state index is -0.281. The summed E-state index contributed by atoms with van der Waals surface area (Å²) in [5, 5.41) is 0. The Labute approximate surface area is 174 Å². The fourth-order valence-corrected chi connectivity index (χ4v) is 2.99. The summed E-state index contributed by atoms with van der Waals surface area (Å²) < 4.78 is 11.7. The Kier molecular flexibility index (Phi) is 5.67. The van der Waals surface area contributed by atoms with Gasteiger partial charge in [0.15, 0.2) is 5.78 Å².